The largest absolute Gasteiger partial charge is 0.504 e. The summed E-state index contributed by atoms with van der Waals surface area (Å²) in [5.74, 6) is -0.649. The van der Waals surface area contributed by atoms with E-state index in [1.165, 1.54) is 31.2 Å². The number of phenolic OH excluding ortho intramolecular Hbond substituents is 2. The molecule has 0 amide bonds. The van der Waals surface area contributed by atoms with E-state index in [1.54, 1.807) is 0 Å². The van der Waals surface area contributed by atoms with E-state index < -0.39 is 4.92 Å². The van der Waals surface area contributed by atoms with E-state index in [0.717, 1.165) is 0 Å². The zero-order valence-electron chi connectivity index (χ0n) is 7.47. The minimum Gasteiger partial charge on any atom is -0.504 e. The SMILES string of the molecule is C/C(=C\c1cccc(O)c1O)[N+](=O)[O-]. The molecule has 0 bridgehead atoms. The van der Waals surface area contributed by atoms with Crippen LogP contribution in [0.25, 0.3) is 6.08 Å². The van der Waals surface area contributed by atoms with E-state index in [9.17, 15) is 15.2 Å². The molecule has 1 rings (SSSR count). The van der Waals surface area contributed by atoms with Crippen molar-refractivity contribution in [1.29, 1.82) is 0 Å². The first-order chi connectivity index (χ1) is 6.52. The van der Waals surface area contributed by atoms with Gasteiger partial charge in [0.1, 0.15) is 0 Å². The van der Waals surface area contributed by atoms with Crippen molar-refractivity contribution in [2.45, 2.75) is 6.92 Å². The Balaban J connectivity index is 3.15. The number of hydrogen-bond donors (Lipinski definition) is 2. The molecule has 14 heavy (non-hydrogen) atoms. The number of aromatic hydroxyl groups is 2. The number of para-hydroxylation sites is 1. The lowest BCUT2D eigenvalue weighted by atomic mass is 10.1. The fraction of sp³-hybridized carbons (Fsp3) is 0.111. The van der Waals surface area contributed by atoms with Gasteiger partial charge in [0.15, 0.2) is 11.5 Å². The highest BCUT2D eigenvalue weighted by Crippen LogP contribution is 2.29. The molecule has 0 aliphatic rings. The molecule has 0 atom stereocenters. The van der Waals surface area contributed by atoms with E-state index in [0.29, 0.717) is 0 Å². The summed E-state index contributed by atoms with van der Waals surface area (Å²) >= 11 is 0. The highest BCUT2D eigenvalue weighted by molar-refractivity contribution is 5.61. The van der Waals surface area contributed by atoms with Gasteiger partial charge < -0.3 is 10.2 Å². The number of allylic oxidation sites excluding steroid dienone is 1. The first-order valence-corrected chi connectivity index (χ1v) is 3.86. The smallest absolute Gasteiger partial charge is 0.243 e. The normalized spacial score (nSPS) is 11.4. The number of benzene rings is 1. The fourth-order valence-corrected chi connectivity index (χ4v) is 0.943. The molecule has 0 saturated carbocycles. The highest BCUT2D eigenvalue weighted by Gasteiger charge is 2.07. The maximum absolute atomic E-state index is 10.3. The zero-order valence-corrected chi connectivity index (χ0v) is 7.47. The lowest BCUT2D eigenvalue weighted by Gasteiger charge is -2.00. The summed E-state index contributed by atoms with van der Waals surface area (Å²) in [5.41, 5.74) is 0.116. The summed E-state index contributed by atoms with van der Waals surface area (Å²) in [5, 5.41) is 28.7. The van der Waals surface area contributed by atoms with Crippen LogP contribution in [0.1, 0.15) is 12.5 Å². The van der Waals surface area contributed by atoms with Crippen LogP contribution in [0.2, 0.25) is 0 Å². The van der Waals surface area contributed by atoms with Crippen molar-refractivity contribution in [3.63, 3.8) is 0 Å². The number of phenols is 2. The molecule has 74 valence electrons. The fourth-order valence-electron chi connectivity index (χ4n) is 0.943. The van der Waals surface area contributed by atoms with Crippen LogP contribution in [0.3, 0.4) is 0 Å². The standard InChI is InChI=1S/C9H9NO4/c1-6(10(13)14)5-7-3-2-4-8(11)9(7)12/h2-5,11-12H,1H3/b6-5+. The van der Waals surface area contributed by atoms with Crippen molar-refractivity contribution in [2.24, 2.45) is 0 Å². The second kappa shape index (κ2) is 3.78. The first-order valence-electron chi connectivity index (χ1n) is 3.86. The highest BCUT2D eigenvalue weighted by atomic mass is 16.6. The van der Waals surface area contributed by atoms with Gasteiger partial charge in [-0.3, -0.25) is 10.1 Å². The van der Waals surface area contributed by atoms with Gasteiger partial charge in [0.2, 0.25) is 5.70 Å². The number of nitro groups is 1. The van der Waals surface area contributed by atoms with E-state index in [1.807, 2.05) is 0 Å². The Kier molecular flexibility index (Phi) is 2.71. The van der Waals surface area contributed by atoms with Crippen LogP contribution < -0.4 is 0 Å². The molecule has 0 unspecified atom stereocenters. The molecule has 0 aromatic heterocycles. The number of nitrogens with zero attached hydrogens (tertiary/aromatic N) is 1. The minimum atomic E-state index is -0.566. The van der Waals surface area contributed by atoms with Crippen LogP contribution in [0, 0.1) is 10.1 Å². The molecule has 0 fully saturated rings. The minimum absolute atomic E-state index is 0.106. The lowest BCUT2D eigenvalue weighted by Crippen LogP contribution is -1.92. The second-order valence-corrected chi connectivity index (χ2v) is 2.76. The average molecular weight is 195 g/mol. The van der Waals surface area contributed by atoms with Gasteiger partial charge in [0.05, 0.1) is 4.92 Å². The van der Waals surface area contributed by atoms with Crippen molar-refractivity contribution < 1.29 is 15.1 Å². The van der Waals surface area contributed by atoms with Crippen molar-refractivity contribution >= 4 is 6.08 Å². The Morgan fingerprint density at radius 2 is 2.14 bits per heavy atom. The Hall–Kier alpha value is -2.04. The van der Waals surface area contributed by atoms with Crippen LogP contribution in [0.5, 0.6) is 11.5 Å². The van der Waals surface area contributed by atoms with E-state index in [-0.39, 0.29) is 22.8 Å². The molecule has 2 N–H and O–H groups in total. The Bertz CT molecular complexity index is 398. The van der Waals surface area contributed by atoms with E-state index in [4.69, 9.17) is 5.11 Å². The summed E-state index contributed by atoms with van der Waals surface area (Å²) in [6, 6.07) is 4.27. The molecule has 0 aliphatic heterocycles. The van der Waals surface area contributed by atoms with E-state index >= 15 is 0 Å². The summed E-state index contributed by atoms with van der Waals surface area (Å²) in [4.78, 5) is 9.73. The van der Waals surface area contributed by atoms with Gasteiger partial charge in [0, 0.05) is 18.6 Å². The summed E-state index contributed by atoms with van der Waals surface area (Å²) < 4.78 is 0. The van der Waals surface area contributed by atoms with Gasteiger partial charge in [-0.15, -0.1) is 0 Å². The third-order valence-electron chi connectivity index (χ3n) is 1.70. The quantitative estimate of drug-likeness (QED) is 0.427. The van der Waals surface area contributed by atoms with Crippen LogP contribution in [-0.4, -0.2) is 15.1 Å². The van der Waals surface area contributed by atoms with Gasteiger partial charge in [-0.1, -0.05) is 12.1 Å². The van der Waals surface area contributed by atoms with Gasteiger partial charge >= 0.3 is 0 Å². The average Bonchev–Trinajstić information content (AvgIpc) is 2.12. The number of hydrogen-bond acceptors (Lipinski definition) is 4. The molecule has 5 heteroatoms. The molecule has 0 radical (unpaired) electrons. The third-order valence-corrected chi connectivity index (χ3v) is 1.70. The molecule has 0 saturated heterocycles. The van der Waals surface area contributed by atoms with Crippen LogP contribution >= 0.6 is 0 Å². The molecule has 1 aromatic carbocycles. The van der Waals surface area contributed by atoms with Gasteiger partial charge in [-0.05, 0) is 6.07 Å². The summed E-state index contributed by atoms with van der Waals surface area (Å²) in [7, 11) is 0. The third kappa shape index (κ3) is 2.01. The van der Waals surface area contributed by atoms with Gasteiger partial charge in [-0.25, -0.2) is 0 Å². The maximum Gasteiger partial charge on any atom is 0.243 e. The van der Waals surface area contributed by atoms with Crippen LogP contribution in [0.15, 0.2) is 23.9 Å². The van der Waals surface area contributed by atoms with Crippen molar-refractivity contribution in [1.82, 2.24) is 0 Å². The Morgan fingerprint density at radius 1 is 1.50 bits per heavy atom. The van der Waals surface area contributed by atoms with Gasteiger partial charge in [-0.2, -0.15) is 0 Å². The first kappa shape index (κ1) is 10.0. The van der Waals surface area contributed by atoms with Crippen LogP contribution in [-0.2, 0) is 0 Å². The Morgan fingerprint density at radius 3 is 2.71 bits per heavy atom. The summed E-state index contributed by atoms with van der Waals surface area (Å²) in [6.45, 7) is 1.31. The Labute approximate surface area is 80.1 Å². The van der Waals surface area contributed by atoms with Gasteiger partial charge in [0.25, 0.3) is 0 Å². The monoisotopic (exact) mass is 195 g/mol. The van der Waals surface area contributed by atoms with E-state index in [2.05, 4.69) is 0 Å². The van der Waals surface area contributed by atoms with Crippen molar-refractivity contribution in [3.8, 4) is 11.5 Å². The second-order valence-electron chi connectivity index (χ2n) is 2.76. The molecule has 1 aromatic rings. The lowest BCUT2D eigenvalue weighted by molar-refractivity contribution is -0.422. The summed E-state index contributed by atoms with van der Waals surface area (Å²) in [6.07, 6.45) is 1.19. The predicted octanol–water partition coefficient (Wildman–Crippen LogP) is 1.74. The molecular formula is C9H9NO4. The molecule has 0 heterocycles. The molecule has 0 aliphatic carbocycles. The molecule has 0 spiro atoms. The molecule has 5 nitrogen and oxygen atoms in total. The predicted molar refractivity (Wildman–Crippen MR) is 50.4 cm³/mol. The van der Waals surface area contributed by atoms with Crippen molar-refractivity contribution in [2.75, 3.05) is 0 Å². The van der Waals surface area contributed by atoms with Crippen molar-refractivity contribution in [3.05, 3.63) is 39.6 Å². The molecular weight excluding hydrogens is 186 g/mol. The van der Waals surface area contributed by atoms with Crippen LogP contribution in [0.4, 0.5) is 0 Å². The number of rotatable bonds is 2. The zero-order chi connectivity index (χ0) is 10.7. The maximum atomic E-state index is 10.3. The topological polar surface area (TPSA) is 83.6 Å².